The third-order valence-electron chi connectivity index (χ3n) is 4.03. The van der Waals surface area contributed by atoms with Crippen LogP contribution >= 0.6 is 0 Å². The van der Waals surface area contributed by atoms with Crippen molar-refractivity contribution in [2.24, 2.45) is 0 Å². The van der Waals surface area contributed by atoms with E-state index in [2.05, 4.69) is 0 Å². The first-order valence-corrected chi connectivity index (χ1v) is 7.77. The summed E-state index contributed by atoms with van der Waals surface area (Å²) in [5.74, 6) is -0.800. The van der Waals surface area contributed by atoms with E-state index in [1.165, 1.54) is 36.4 Å². The van der Waals surface area contributed by atoms with Crippen LogP contribution in [0.2, 0.25) is 0 Å². The fourth-order valence-corrected chi connectivity index (χ4v) is 2.47. The summed E-state index contributed by atoms with van der Waals surface area (Å²) in [7, 11) is 0. The third-order valence-corrected chi connectivity index (χ3v) is 4.03. The Morgan fingerprint density at radius 3 is 1.42 bits per heavy atom. The van der Waals surface area contributed by atoms with Gasteiger partial charge in [-0.2, -0.15) is 0 Å². The lowest BCUT2D eigenvalue weighted by atomic mass is 9.99. The minimum Gasteiger partial charge on any atom is -0.294 e. The van der Waals surface area contributed by atoms with Gasteiger partial charge in [-0.05, 0) is 13.8 Å². The first kappa shape index (κ1) is 18.9. The summed E-state index contributed by atoms with van der Waals surface area (Å²) in [6, 6.07) is 8.31. The molecule has 0 saturated heterocycles. The number of carbonyl (C=O) groups excluding carboxylic acids is 2. The van der Waals surface area contributed by atoms with E-state index in [1.807, 2.05) is 0 Å². The Morgan fingerprint density at radius 1 is 0.769 bits per heavy atom. The molecule has 0 atom stereocenters. The number of nitro groups is 2. The summed E-state index contributed by atoms with van der Waals surface area (Å²) in [6.45, 7) is 3.14. The van der Waals surface area contributed by atoms with Gasteiger partial charge in [0.2, 0.25) is 0 Å². The molecule has 0 aromatic heterocycles. The van der Waals surface area contributed by atoms with E-state index in [-0.39, 0.29) is 35.3 Å². The van der Waals surface area contributed by atoms with E-state index in [0.29, 0.717) is 11.1 Å². The number of aryl methyl sites for hydroxylation is 2. The van der Waals surface area contributed by atoms with Crippen molar-refractivity contribution in [3.63, 3.8) is 0 Å². The fourth-order valence-electron chi connectivity index (χ4n) is 2.47. The van der Waals surface area contributed by atoms with E-state index in [4.69, 9.17) is 0 Å². The van der Waals surface area contributed by atoms with E-state index in [1.54, 1.807) is 13.8 Å². The highest BCUT2D eigenvalue weighted by molar-refractivity contribution is 6.02. The molecular weight excluding hydrogens is 340 g/mol. The normalized spacial score (nSPS) is 10.4. The molecule has 0 aliphatic heterocycles. The third kappa shape index (κ3) is 4.15. The zero-order chi connectivity index (χ0) is 19.4. The quantitative estimate of drug-likeness (QED) is 0.420. The van der Waals surface area contributed by atoms with Crippen LogP contribution in [-0.2, 0) is 0 Å². The lowest BCUT2D eigenvalue weighted by Gasteiger charge is -2.04. The zero-order valence-corrected chi connectivity index (χ0v) is 14.2. The lowest BCUT2D eigenvalue weighted by molar-refractivity contribution is -0.385. The summed E-state index contributed by atoms with van der Waals surface area (Å²) < 4.78 is 0. The summed E-state index contributed by atoms with van der Waals surface area (Å²) >= 11 is 0. The molecule has 8 heteroatoms. The highest BCUT2D eigenvalue weighted by Crippen LogP contribution is 2.22. The summed E-state index contributed by atoms with van der Waals surface area (Å²) in [4.78, 5) is 45.2. The van der Waals surface area contributed by atoms with Gasteiger partial charge in [0.05, 0.1) is 9.85 Å². The van der Waals surface area contributed by atoms with Crippen LogP contribution in [-0.4, -0.2) is 21.4 Å². The standard InChI is InChI=1S/C18H16N2O6/c1-11-3-5-13(9-15(11)19(23)24)17(21)7-8-18(22)14-6-4-12(2)16(10-14)20(25)26/h3-6,9-10H,7-8H2,1-2H3. The molecule has 2 aromatic carbocycles. The molecule has 26 heavy (non-hydrogen) atoms. The van der Waals surface area contributed by atoms with Gasteiger partial charge in [-0.1, -0.05) is 24.3 Å². The number of hydrogen-bond acceptors (Lipinski definition) is 6. The second-order valence-corrected chi connectivity index (χ2v) is 5.86. The average molecular weight is 356 g/mol. The summed E-state index contributed by atoms with van der Waals surface area (Å²) in [5, 5.41) is 21.9. The first-order chi connectivity index (χ1) is 12.2. The molecule has 0 N–H and O–H groups in total. The molecule has 0 radical (unpaired) electrons. The number of nitrogens with zero attached hydrogens (tertiary/aromatic N) is 2. The SMILES string of the molecule is Cc1ccc(C(=O)CCC(=O)c2ccc(C)c([N+](=O)[O-])c2)cc1[N+](=O)[O-]. The molecule has 0 amide bonds. The van der Waals surface area contributed by atoms with E-state index >= 15 is 0 Å². The van der Waals surface area contributed by atoms with Crippen molar-refractivity contribution in [3.8, 4) is 0 Å². The summed E-state index contributed by atoms with van der Waals surface area (Å²) in [6.07, 6.45) is -0.276. The molecule has 2 aromatic rings. The van der Waals surface area contributed by atoms with Crippen LogP contribution in [0.25, 0.3) is 0 Å². The topological polar surface area (TPSA) is 120 Å². The molecule has 0 fully saturated rings. The number of rotatable bonds is 7. The Bertz CT molecular complexity index is 844. The maximum Gasteiger partial charge on any atom is 0.273 e. The van der Waals surface area contributed by atoms with Crippen LogP contribution in [0, 0.1) is 34.1 Å². The van der Waals surface area contributed by atoms with Crippen LogP contribution in [0.1, 0.15) is 44.7 Å². The smallest absolute Gasteiger partial charge is 0.273 e. The number of Topliss-reactive ketones (excluding diaryl/α,β-unsaturated/α-hetero) is 2. The Morgan fingerprint density at radius 2 is 1.12 bits per heavy atom. The lowest BCUT2D eigenvalue weighted by Crippen LogP contribution is -2.07. The number of ketones is 2. The fraction of sp³-hybridized carbons (Fsp3) is 0.222. The minimum atomic E-state index is -0.567. The van der Waals surface area contributed by atoms with Gasteiger partial charge in [0.25, 0.3) is 11.4 Å². The van der Waals surface area contributed by atoms with Crippen molar-refractivity contribution in [1.82, 2.24) is 0 Å². The van der Waals surface area contributed by atoms with Gasteiger partial charge in [0, 0.05) is 47.2 Å². The van der Waals surface area contributed by atoms with Crippen molar-refractivity contribution in [1.29, 1.82) is 0 Å². The number of nitro benzene ring substituents is 2. The molecule has 0 aliphatic rings. The molecule has 0 bridgehead atoms. The number of carbonyl (C=O) groups is 2. The Hall–Kier alpha value is -3.42. The maximum atomic E-state index is 12.2. The first-order valence-electron chi connectivity index (χ1n) is 7.77. The van der Waals surface area contributed by atoms with Crippen molar-refractivity contribution >= 4 is 22.9 Å². The van der Waals surface area contributed by atoms with Crippen molar-refractivity contribution in [3.05, 3.63) is 78.9 Å². The van der Waals surface area contributed by atoms with E-state index < -0.39 is 21.4 Å². The molecule has 0 heterocycles. The van der Waals surface area contributed by atoms with E-state index in [9.17, 15) is 29.8 Å². The second kappa shape index (κ2) is 7.64. The van der Waals surface area contributed by atoms with Gasteiger partial charge in [-0.25, -0.2) is 0 Å². The van der Waals surface area contributed by atoms with Gasteiger partial charge in [0.1, 0.15) is 0 Å². The van der Waals surface area contributed by atoms with Crippen molar-refractivity contribution in [2.45, 2.75) is 26.7 Å². The van der Waals surface area contributed by atoms with Crippen molar-refractivity contribution < 1.29 is 19.4 Å². The van der Waals surface area contributed by atoms with Gasteiger partial charge in [-0.15, -0.1) is 0 Å². The minimum absolute atomic E-state index is 0.138. The van der Waals surface area contributed by atoms with Crippen LogP contribution < -0.4 is 0 Å². The largest absolute Gasteiger partial charge is 0.294 e. The molecule has 8 nitrogen and oxygen atoms in total. The highest BCUT2D eigenvalue weighted by atomic mass is 16.6. The van der Waals surface area contributed by atoms with Gasteiger partial charge in [0.15, 0.2) is 11.6 Å². The van der Waals surface area contributed by atoms with Crippen LogP contribution in [0.3, 0.4) is 0 Å². The maximum absolute atomic E-state index is 12.2. The zero-order valence-electron chi connectivity index (χ0n) is 14.2. The molecule has 0 spiro atoms. The van der Waals surface area contributed by atoms with Crippen LogP contribution in [0.15, 0.2) is 36.4 Å². The second-order valence-electron chi connectivity index (χ2n) is 5.86. The van der Waals surface area contributed by atoms with Gasteiger partial charge < -0.3 is 0 Å². The number of benzene rings is 2. The summed E-state index contributed by atoms with van der Waals surface area (Å²) in [5.41, 5.74) is 0.881. The highest BCUT2D eigenvalue weighted by Gasteiger charge is 2.18. The van der Waals surface area contributed by atoms with Gasteiger partial charge in [-0.3, -0.25) is 29.8 Å². The molecule has 0 saturated carbocycles. The Labute approximate surface area is 148 Å². The van der Waals surface area contributed by atoms with Crippen molar-refractivity contribution in [2.75, 3.05) is 0 Å². The predicted octanol–water partition coefficient (Wildman–Crippen LogP) is 3.97. The van der Waals surface area contributed by atoms with Crippen LogP contribution in [0.4, 0.5) is 11.4 Å². The Balaban J connectivity index is 2.11. The average Bonchev–Trinajstić information content (AvgIpc) is 2.59. The molecular formula is C18H16N2O6. The molecule has 0 aliphatic carbocycles. The van der Waals surface area contributed by atoms with Gasteiger partial charge >= 0.3 is 0 Å². The van der Waals surface area contributed by atoms with E-state index in [0.717, 1.165) is 0 Å². The monoisotopic (exact) mass is 356 g/mol. The Kier molecular flexibility index (Phi) is 5.56. The predicted molar refractivity (Wildman–Crippen MR) is 93.6 cm³/mol. The number of hydrogen-bond donors (Lipinski definition) is 0. The van der Waals surface area contributed by atoms with Crippen LogP contribution in [0.5, 0.6) is 0 Å². The molecule has 2 rings (SSSR count). The molecule has 0 unspecified atom stereocenters. The molecule has 134 valence electrons.